The molecule has 2 heteroatoms. The molecular weight excluding hydrogens is 232 g/mol. The Morgan fingerprint density at radius 1 is 0.789 bits per heavy atom. The number of rotatable bonds is 14. The van der Waals surface area contributed by atoms with Crippen molar-refractivity contribution in [3.8, 4) is 6.07 Å². The van der Waals surface area contributed by atoms with Crippen molar-refractivity contribution >= 4 is 0 Å². The molecule has 0 rings (SSSR count). The van der Waals surface area contributed by atoms with Crippen LogP contribution in [0.25, 0.3) is 0 Å². The van der Waals surface area contributed by atoms with Gasteiger partial charge in [-0.15, -0.1) is 0 Å². The van der Waals surface area contributed by atoms with Gasteiger partial charge in [0.1, 0.15) is 0 Å². The van der Waals surface area contributed by atoms with E-state index in [1.165, 1.54) is 64.2 Å². The minimum atomic E-state index is 0.0727. The van der Waals surface area contributed by atoms with Crippen LogP contribution in [-0.2, 0) is 0 Å². The predicted molar refractivity (Wildman–Crippen MR) is 84.2 cm³/mol. The third kappa shape index (κ3) is 13.7. The molecule has 1 atom stereocenters. The van der Waals surface area contributed by atoms with Gasteiger partial charge in [0.2, 0.25) is 0 Å². The molecule has 0 amide bonds. The van der Waals surface area contributed by atoms with Crippen LogP contribution in [0.15, 0.2) is 0 Å². The maximum atomic E-state index is 8.91. The molecule has 0 fully saturated rings. The van der Waals surface area contributed by atoms with Crippen molar-refractivity contribution in [3.05, 3.63) is 0 Å². The highest BCUT2D eigenvalue weighted by molar-refractivity contribution is 4.88. The minimum Gasteiger partial charge on any atom is -0.302 e. The monoisotopic (exact) mass is 266 g/mol. The summed E-state index contributed by atoms with van der Waals surface area (Å²) >= 11 is 0. The van der Waals surface area contributed by atoms with Crippen molar-refractivity contribution in [1.29, 1.82) is 5.26 Å². The van der Waals surface area contributed by atoms with Crippen LogP contribution < -0.4 is 5.32 Å². The fourth-order valence-corrected chi connectivity index (χ4v) is 2.39. The van der Waals surface area contributed by atoms with Gasteiger partial charge in [-0.05, 0) is 19.4 Å². The van der Waals surface area contributed by atoms with E-state index < -0.39 is 0 Å². The van der Waals surface area contributed by atoms with Gasteiger partial charge in [-0.25, -0.2) is 0 Å². The molecule has 1 N–H and O–H groups in total. The molecule has 0 bridgehead atoms. The number of unbranched alkanes of at least 4 members (excludes halogenated alkanes) is 9. The molecule has 0 spiro atoms. The average molecular weight is 266 g/mol. The van der Waals surface area contributed by atoms with Crippen molar-refractivity contribution in [2.45, 2.75) is 96.9 Å². The molecule has 0 aliphatic rings. The lowest BCUT2D eigenvalue weighted by atomic mass is 10.1. The van der Waals surface area contributed by atoms with Crippen LogP contribution in [0.5, 0.6) is 0 Å². The second-order valence-corrected chi connectivity index (χ2v) is 5.61. The van der Waals surface area contributed by atoms with Crippen LogP contribution in [0.4, 0.5) is 0 Å². The molecule has 2 nitrogen and oxygen atoms in total. The van der Waals surface area contributed by atoms with Gasteiger partial charge in [0.05, 0.1) is 12.1 Å². The fourth-order valence-electron chi connectivity index (χ4n) is 2.39. The van der Waals surface area contributed by atoms with Gasteiger partial charge in [-0.1, -0.05) is 78.1 Å². The summed E-state index contributed by atoms with van der Waals surface area (Å²) in [6, 6.07) is 2.40. The predicted octanol–water partition coefficient (Wildman–Crippen LogP) is 5.19. The van der Waals surface area contributed by atoms with Crippen LogP contribution in [0.3, 0.4) is 0 Å². The lowest BCUT2D eigenvalue weighted by molar-refractivity contribution is 0.514. The Balaban J connectivity index is 3.12. The Morgan fingerprint density at radius 3 is 1.79 bits per heavy atom. The zero-order valence-corrected chi connectivity index (χ0v) is 13.2. The van der Waals surface area contributed by atoms with Crippen molar-refractivity contribution in [3.63, 3.8) is 0 Å². The Morgan fingerprint density at radius 2 is 1.32 bits per heavy atom. The van der Waals surface area contributed by atoms with Crippen molar-refractivity contribution in [2.75, 3.05) is 6.54 Å². The van der Waals surface area contributed by atoms with E-state index in [1.807, 2.05) is 0 Å². The SMILES string of the molecule is CCCCCCCCCCCCNC(C#N)CCC. The molecule has 1 unspecified atom stereocenters. The maximum Gasteiger partial charge on any atom is 0.0952 e. The molecule has 0 aliphatic heterocycles. The molecule has 19 heavy (non-hydrogen) atoms. The Bertz CT molecular complexity index is 208. The highest BCUT2D eigenvalue weighted by atomic mass is 14.9. The maximum absolute atomic E-state index is 8.91. The van der Waals surface area contributed by atoms with E-state index in [1.54, 1.807) is 0 Å². The van der Waals surface area contributed by atoms with Crippen LogP contribution in [-0.4, -0.2) is 12.6 Å². The quantitative estimate of drug-likeness (QED) is 0.439. The molecule has 0 aromatic carbocycles. The summed E-state index contributed by atoms with van der Waals surface area (Å²) in [6.07, 6.45) is 15.8. The molecule has 0 aromatic heterocycles. The Kier molecular flexibility index (Phi) is 15.1. The van der Waals surface area contributed by atoms with Crippen molar-refractivity contribution < 1.29 is 0 Å². The zero-order valence-electron chi connectivity index (χ0n) is 13.2. The lowest BCUT2D eigenvalue weighted by Crippen LogP contribution is -2.28. The van der Waals surface area contributed by atoms with E-state index in [0.717, 1.165) is 19.4 Å². The summed E-state index contributed by atoms with van der Waals surface area (Å²) in [7, 11) is 0. The van der Waals surface area contributed by atoms with E-state index >= 15 is 0 Å². The lowest BCUT2D eigenvalue weighted by Gasteiger charge is -2.09. The van der Waals surface area contributed by atoms with E-state index in [9.17, 15) is 0 Å². The van der Waals surface area contributed by atoms with Gasteiger partial charge in [0, 0.05) is 0 Å². The summed E-state index contributed by atoms with van der Waals surface area (Å²) in [4.78, 5) is 0. The van der Waals surface area contributed by atoms with Gasteiger partial charge in [-0.3, -0.25) is 0 Å². The molecule has 0 heterocycles. The van der Waals surface area contributed by atoms with E-state index in [-0.39, 0.29) is 6.04 Å². The normalized spacial score (nSPS) is 12.3. The summed E-state index contributed by atoms with van der Waals surface area (Å²) in [5, 5.41) is 12.2. The van der Waals surface area contributed by atoms with Crippen molar-refractivity contribution in [1.82, 2.24) is 5.32 Å². The van der Waals surface area contributed by atoms with E-state index in [0.29, 0.717) is 0 Å². The molecule has 0 aromatic rings. The molecular formula is C17H34N2. The first kappa shape index (κ1) is 18.4. The third-order valence-corrected chi connectivity index (χ3v) is 3.65. The topological polar surface area (TPSA) is 35.8 Å². The first-order valence-corrected chi connectivity index (χ1v) is 8.48. The number of nitriles is 1. The fraction of sp³-hybridized carbons (Fsp3) is 0.941. The largest absolute Gasteiger partial charge is 0.302 e. The summed E-state index contributed by atoms with van der Waals surface area (Å²) < 4.78 is 0. The molecule has 0 aliphatic carbocycles. The Hall–Kier alpha value is -0.550. The van der Waals surface area contributed by atoms with Gasteiger partial charge >= 0.3 is 0 Å². The highest BCUT2D eigenvalue weighted by Gasteiger charge is 2.03. The van der Waals surface area contributed by atoms with Crippen LogP contribution in [0.1, 0.15) is 90.9 Å². The number of hydrogen-bond donors (Lipinski definition) is 1. The summed E-state index contributed by atoms with van der Waals surface area (Å²) in [5.74, 6) is 0. The first-order valence-electron chi connectivity index (χ1n) is 8.48. The second-order valence-electron chi connectivity index (χ2n) is 5.61. The van der Waals surface area contributed by atoms with Gasteiger partial charge < -0.3 is 5.32 Å². The highest BCUT2D eigenvalue weighted by Crippen LogP contribution is 2.10. The number of nitrogens with one attached hydrogen (secondary N) is 1. The van der Waals surface area contributed by atoms with E-state index in [2.05, 4.69) is 25.2 Å². The molecule has 0 radical (unpaired) electrons. The van der Waals surface area contributed by atoms with Crippen LogP contribution in [0, 0.1) is 11.3 Å². The van der Waals surface area contributed by atoms with Gasteiger partial charge in [-0.2, -0.15) is 5.26 Å². The summed E-state index contributed by atoms with van der Waals surface area (Å²) in [6.45, 7) is 5.41. The zero-order chi connectivity index (χ0) is 14.2. The van der Waals surface area contributed by atoms with Gasteiger partial charge in [0.25, 0.3) is 0 Å². The molecule has 0 saturated carbocycles. The standard InChI is InChI=1S/C17H34N2/c1-3-5-6-7-8-9-10-11-12-13-15-19-17(16-18)14-4-2/h17,19H,3-15H2,1-2H3. The first-order chi connectivity index (χ1) is 9.35. The average Bonchev–Trinajstić information content (AvgIpc) is 2.43. The summed E-state index contributed by atoms with van der Waals surface area (Å²) in [5.41, 5.74) is 0. The van der Waals surface area contributed by atoms with Crippen LogP contribution >= 0.6 is 0 Å². The molecule has 112 valence electrons. The van der Waals surface area contributed by atoms with E-state index in [4.69, 9.17) is 5.26 Å². The second kappa shape index (κ2) is 15.5. The number of hydrogen-bond acceptors (Lipinski definition) is 2. The smallest absolute Gasteiger partial charge is 0.0952 e. The van der Waals surface area contributed by atoms with Crippen molar-refractivity contribution in [2.24, 2.45) is 0 Å². The minimum absolute atomic E-state index is 0.0727. The van der Waals surface area contributed by atoms with Gasteiger partial charge in [0.15, 0.2) is 0 Å². The Labute approximate surface area is 121 Å². The molecule has 0 saturated heterocycles. The van der Waals surface area contributed by atoms with Crippen LogP contribution in [0.2, 0.25) is 0 Å². The number of nitrogens with zero attached hydrogens (tertiary/aromatic N) is 1. The third-order valence-electron chi connectivity index (χ3n) is 3.65.